The molecule has 0 bridgehead atoms. The minimum absolute atomic E-state index is 0.0166. The molecular formula is C49H37FN2S2. The van der Waals surface area contributed by atoms with Crippen LogP contribution in [0.1, 0.15) is 54.4 Å². The van der Waals surface area contributed by atoms with Crippen molar-refractivity contribution in [1.82, 2.24) is 0 Å². The molecule has 1 aromatic heterocycles. The third kappa shape index (κ3) is 6.06. The van der Waals surface area contributed by atoms with Crippen molar-refractivity contribution in [3.63, 3.8) is 0 Å². The zero-order valence-corrected chi connectivity index (χ0v) is 31.5. The topological polar surface area (TPSA) is 24.7 Å². The number of allylic oxidation sites excluding steroid dienone is 8. The van der Waals surface area contributed by atoms with E-state index in [1.165, 1.54) is 70.6 Å². The summed E-state index contributed by atoms with van der Waals surface area (Å²) >= 11 is 3.83. The molecule has 4 aliphatic rings. The Morgan fingerprint density at radius 2 is 1.50 bits per heavy atom. The van der Waals surface area contributed by atoms with E-state index in [-0.39, 0.29) is 11.7 Å². The summed E-state index contributed by atoms with van der Waals surface area (Å²) in [6, 6.07) is 41.6. The van der Waals surface area contributed by atoms with E-state index in [2.05, 4.69) is 128 Å². The number of thioether (sulfide) groups is 1. The van der Waals surface area contributed by atoms with Crippen LogP contribution >= 0.6 is 23.1 Å². The quantitative estimate of drug-likeness (QED) is 0.167. The molecule has 0 saturated carbocycles. The molecule has 54 heavy (non-hydrogen) atoms. The van der Waals surface area contributed by atoms with Gasteiger partial charge >= 0.3 is 0 Å². The van der Waals surface area contributed by atoms with Gasteiger partial charge in [-0.1, -0.05) is 110 Å². The molecule has 0 radical (unpaired) electrons. The molecule has 3 unspecified atom stereocenters. The number of amidine groups is 1. The van der Waals surface area contributed by atoms with Crippen molar-refractivity contribution in [3.8, 4) is 0 Å². The van der Waals surface area contributed by atoms with Crippen LogP contribution < -0.4 is 0 Å². The Bertz CT molecular complexity index is 2690. The molecule has 262 valence electrons. The Balaban J connectivity index is 1.13. The summed E-state index contributed by atoms with van der Waals surface area (Å²) in [6.45, 7) is 2.23. The van der Waals surface area contributed by atoms with Crippen molar-refractivity contribution in [2.45, 2.75) is 42.2 Å². The monoisotopic (exact) mass is 736 g/mol. The van der Waals surface area contributed by atoms with E-state index in [1.807, 2.05) is 29.2 Å². The van der Waals surface area contributed by atoms with Crippen LogP contribution in [0.25, 0.3) is 25.7 Å². The number of benzene rings is 5. The van der Waals surface area contributed by atoms with Gasteiger partial charge in [0, 0.05) is 59.8 Å². The van der Waals surface area contributed by atoms with Gasteiger partial charge in [0.1, 0.15) is 5.82 Å². The summed E-state index contributed by atoms with van der Waals surface area (Å²) in [5, 5.41) is 3.02. The van der Waals surface area contributed by atoms with Gasteiger partial charge in [0.15, 0.2) is 5.84 Å². The molecule has 2 aliphatic heterocycles. The second-order valence-electron chi connectivity index (χ2n) is 14.4. The Morgan fingerprint density at radius 1 is 0.722 bits per heavy atom. The second kappa shape index (κ2) is 13.8. The summed E-state index contributed by atoms with van der Waals surface area (Å²) < 4.78 is 16.8. The minimum Gasteiger partial charge on any atom is -0.233 e. The van der Waals surface area contributed by atoms with E-state index < -0.39 is 0 Å². The molecule has 10 rings (SSSR count). The maximum atomic E-state index is 14.2. The van der Waals surface area contributed by atoms with Crippen LogP contribution in [0.3, 0.4) is 0 Å². The third-order valence-electron chi connectivity index (χ3n) is 11.1. The van der Waals surface area contributed by atoms with Crippen LogP contribution in [0.2, 0.25) is 0 Å². The van der Waals surface area contributed by atoms with Crippen LogP contribution in [-0.2, 0) is 0 Å². The third-order valence-corrected chi connectivity index (χ3v) is 13.6. The van der Waals surface area contributed by atoms with Crippen LogP contribution in [0.5, 0.6) is 0 Å². The largest absolute Gasteiger partial charge is 0.233 e. The molecule has 5 aromatic carbocycles. The summed E-state index contributed by atoms with van der Waals surface area (Å²) in [7, 11) is 0. The first kappa shape index (κ1) is 33.2. The highest BCUT2D eigenvalue weighted by Gasteiger charge is 2.34. The molecule has 3 heterocycles. The van der Waals surface area contributed by atoms with Gasteiger partial charge in [0.2, 0.25) is 0 Å². The van der Waals surface area contributed by atoms with Gasteiger partial charge in [-0.25, -0.2) is 14.4 Å². The first-order valence-electron chi connectivity index (χ1n) is 18.8. The smallest absolute Gasteiger partial charge is 0.159 e. The van der Waals surface area contributed by atoms with E-state index in [0.717, 1.165) is 35.4 Å². The highest BCUT2D eigenvalue weighted by atomic mass is 32.2. The van der Waals surface area contributed by atoms with Crippen molar-refractivity contribution in [2.24, 2.45) is 15.9 Å². The van der Waals surface area contributed by atoms with E-state index in [1.54, 1.807) is 12.1 Å². The molecule has 0 N–H and O–H groups in total. The molecule has 3 atom stereocenters. The lowest BCUT2D eigenvalue weighted by molar-refractivity contribution is 0.628. The van der Waals surface area contributed by atoms with E-state index >= 15 is 0 Å². The normalized spacial score (nSPS) is 20.9. The number of halogens is 1. The highest BCUT2D eigenvalue weighted by Crippen LogP contribution is 2.50. The van der Waals surface area contributed by atoms with Gasteiger partial charge in [0.05, 0.1) is 5.71 Å². The molecule has 2 aliphatic carbocycles. The predicted octanol–water partition coefficient (Wildman–Crippen LogP) is 13.3. The summed E-state index contributed by atoms with van der Waals surface area (Å²) in [6.07, 6.45) is 14.5. The molecule has 0 fully saturated rings. The van der Waals surface area contributed by atoms with Crippen LogP contribution in [0.4, 0.5) is 4.39 Å². The highest BCUT2D eigenvalue weighted by molar-refractivity contribution is 8.00. The van der Waals surface area contributed by atoms with Crippen molar-refractivity contribution >= 4 is 60.4 Å². The average Bonchev–Trinajstić information content (AvgIpc) is 3.72. The maximum Gasteiger partial charge on any atom is 0.159 e. The number of rotatable bonds is 6. The SMILES string of the molecule is CCC1=C(C2C=C(c3ccc4sc5ccccc5c4c3)C=C(C3=CC4c5ccccc5SC4C=C3)C2)N=C(c2ccc(F)cc2)N=C(c2ccccc2)C1. The van der Waals surface area contributed by atoms with Gasteiger partial charge in [-0.2, -0.15) is 0 Å². The molecule has 5 heteroatoms. The summed E-state index contributed by atoms with van der Waals surface area (Å²) in [4.78, 5) is 12.1. The molecule has 0 saturated heterocycles. The van der Waals surface area contributed by atoms with Crippen molar-refractivity contribution in [3.05, 3.63) is 202 Å². The zero-order valence-electron chi connectivity index (χ0n) is 29.9. The molecular weight excluding hydrogens is 700 g/mol. The van der Waals surface area contributed by atoms with E-state index in [9.17, 15) is 4.39 Å². The standard InChI is InChI=1S/C49H37FN2S2/c1-2-30-29-43(31-10-4-3-5-11-31)51-49(32-16-20-38(50)21-17-32)52-48(30)37-25-35(33-18-22-46-41(27-33)39-12-6-8-14-44(39)53-46)24-36(26-37)34-19-23-47-42(28-34)40-13-7-9-15-45(40)54-47/h3-25,27-28,37,42,47H,2,26,29H2,1H3. The van der Waals surface area contributed by atoms with E-state index in [4.69, 9.17) is 9.98 Å². The minimum atomic E-state index is -0.269. The fraction of sp³-hybridized carbons (Fsp3) is 0.143. The van der Waals surface area contributed by atoms with Gasteiger partial charge in [-0.3, -0.25) is 0 Å². The zero-order chi connectivity index (χ0) is 36.2. The van der Waals surface area contributed by atoms with Crippen molar-refractivity contribution in [2.75, 3.05) is 0 Å². The number of fused-ring (bicyclic) bond motifs is 6. The molecule has 0 spiro atoms. The lowest BCUT2D eigenvalue weighted by Gasteiger charge is -2.27. The predicted molar refractivity (Wildman–Crippen MR) is 227 cm³/mol. The fourth-order valence-corrected chi connectivity index (χ4v) is 10.8. The maximum absolute atomic E-state index is 14.2. The van der Waals surface area contributed by atoms with Gasteiger partial charge < -0.3 is 0 Å². The molecule has 6 aromatic rings. The first-order valence-corrected chi connectivity index (χ1v) is 20.5. The first-order chi connectivity index (χ1) is 26.6. The number of aliphatic imine (C=N–C) groups is 2. The number of hydrogen-bond donors (Lipinski definition) is 0. The Morgan fingerprint density at radius 3 is 2.37 bits per heavy atom. The van der Waals surface area contributed by atoms with Crippen LogP contribution in [-0.4, -0.2) is 16.8 Å². The molecule has 0 amide bonds. The van der Waals surface area contributed by atoms with Crippen molar-refractivity contribution < 1.29 is 4.39 Å². The summed E-state index contributed by atoms with van der Waals surface area (Å²) in [5.41, 5.74) is 11.7. The van der Waals surface area contributed by atoms with E-state index in [0.29, 0.717) is 23.4 Å². The van der Waals surface area contributed by atoms with Crippen molar-refractivity contribution in [1.29, 1.82) is 0 Å². The van der Waals surface area contributed by atoms with Gasteiger partial charge in [-0.15, -0.1) is 23.1 Å². The molecule has 2 nitrogen and oxygen atoms in total. The number of thiophene rings is 1. The number of hydrogen-bond acceptors (Lipinski definition) is 4. The Kier molecular flexibility index (Phi) is 8.49. The fourth-order valence-electron chi connectivity index (χ4n) is 8.39. The average molecular weight is 737 g/mol. The Hall–Kier alpha value is -5.36. The van der Waals surface area contributed by atoms with Gasteiger partial charge in [0.25, 0.3) is 0 Å². The Labute approximate surface area is 323 Å². The summed E-state index contributed by atoms with van der Waals surface area (Å²) in [5.74, 6) is 0.725. The number of nitrogens with zero attached hydrogens (tertiary/aromatic N) is 2. The van der Waals surface area contributed by atoms with Crippen LogP contribution in [0.15, 0.2) is 189 Å². The lowest BCUT2D eigenvalue weighted by Crippen LogP contribution is -2.14. The van der Waals surface area contributed by atoms with Gasteiger partial charge in [-0.05, 0) is 100 Å². The van der Waals surface area contributed by atoms with Crippen LogP contribution in [0, 0.1) is 11.7 Å². The lowest BCUT2D eigenvalue weighted by atomic mass is 9.78. The second-order valence-corrected chi connectivity index (χ2v) is 16.7.